The molecule has 0 aliphatic carbocycles. The number of nitrogens with two attached hydrogens (primary N) is 2. The van der Waals surface area contributed by atoms with E-state index in [1.165, 1.54) is 0 Å². The van der Waals surface area contributed by atoms with Crippen molar-refractivity contribution >= 4 is 45.1 Å². The number of nitrogens with zero attached hydrogens (tertiary/aromatic N) is 2. The van der Waals surface area contributed by atoms with E-state index < -0.39 is 21.4 Å². The fraction of sp³-hybridized carbons (Fsp3) is 0.394. The van der Waals surface area contributed by atoms with E-state index >= 15 is 0 Å². The lowest BCUT2D eigenvalue weighted by Gasteiger charge is -2.25. The Kier molecular flexibility index (Phi) is 10.8. The Morgan fingerprint density at radius 3 is 2.44 bits per heavy atom. The average molecular weight is 656 g/mol. The van der Waals surface area contributed by atoms with Crippen LogP contribution in [0.2, 0.25) is 0 Å². The molecule has 2 aliphatic heterocycles. The van der Waals surface area contributed by atoms with E-state index in [1.807, 2.05) is 30.4 Å². The van der Waals surface area contributed by atoms with Gasteiger partial charge in [0.1, 0.15) is 6.54 Å². The van der Waals surface area contributed by atoms with Crippen LogP contribution in [0, 0.1) is 0 Å². The smallest absolute Gasteiger partial charge is 0.303 e. The normalized spacial score (nSPS) is 18.0. The predicted molar refractivity (Wildman–Crippen MR) is 178 cm³/mol. The van der Waals surface area contributed by atoms with Crippen molar-refractivity contribution in [3.05, 3.63) is 83.6 Å². The Morgan fingerprint density at radius 1 is 1.02 bits per heavy atom. The number of anilines is 1. The fourth-order valence-electron chi connectivity index (χ4n) is 6.26. The van der Waals surface area contributed by atoms with Gasteiger partial charge in [-0.3, -0.25) is 4.79 Å². The van der Waals surface area contributed by atoms with Gasteiger partial charge in [-0.2, -0.15) is 10.5 Å². The van der Waals surface area contributed by atoms with Crippen molar-refractivity contribution < 1.29 is 32.2 Å². The van der Waals surface area contributed by atoms with Crippen molar-refractivity contribution in [2.75, 3.05) is 18.0 Å². The van der Waals surface area contributed by atoms with Crippen LogP contribution in [0.3, 0.4) is 0 Å². The highest BCUT2D eigenvalue weighted by molar-refractivity contribution is 7.94. The Balaban J connectivity index is 1.61. The fourth-order valence-corrected chi connectivity index (χ4v) is 7.21. The second-order valence-corrected chi connectivity index (χ2v) is 14.5. The third-order valence-corrected chi connectivity index (χ3v) is 10.0. The summed E-state index contributed by atoms with van der Waals surface area (Å²) in [5.41, 5.74) is 5.61. The maximum atomic E-state index is 12.0. The van der Waals surface area contributed by atoms with E-state index in [2.05, 4.69) is 73.4 Å². The van der Waals surface area contributed by atoms with Crippen LogP contribution >= 0.6 is 12.0 Å². The minimum absolute atomic E-state index is 0.111. The quantitative estimate of drug-likeness (QED) is 0.0557. The number of unbranched alkanes of at least 4 members (excludes halogenated alkanes) is 2. The highest BCUT2D eigenvalue weighted by atomic mass is 32.2. The summed E-state index contributed by atoms with van der Waals surface area (Å²) in [5, 5.41) is 14.4. The Morgan fingerprint density at radius 2 is 1.78 bits per heavy atom. The summed E-state index contributed by atoms with van der Waals surface area (Å²) in [6, 6.07) is 11.2. The lowest BCUT2D eigenvalue weighted by molar-refractivity contribution is -0.438. The molecule has 10 nitrogen and oxygen atoms in total. The second-order valence-electron chi connectivity index (χ2n) is 12.2. The zero-order valence-corrected chi connectivity index (χ0v) is 28.1. The number of aliphatic carboxylic acids is 1. The number of benzene rings is 2. The van der Waals surface area contributed by atoms with Gasteiger partial charge in [0.15, 0.2) is 5.71 Å². The Hall–Kier alpha value is -3.26. The standard InChI is InChI=1S/C33H42N4O6S2/c1-6-36-27-19-17-24(45(35,40)41)22-26(27)33(4,5)29(36)13-9-7-10-14-30-32(2,3)25-21-23(44-43-42-34)16-18-28(25)37(30)20-12-8-11-15-31(38)39/h7,9-10,13-14,16-19,21-22H,6,8,11-12,15,20,34H2,1-5H3,(H2-,35,38,39,40,41)/p+1. The number of hydrogen-bond donors (Lipinski definition) is 3. The van der Waals surface area contributed by atoms with Crippen LogP contribution in [0.5, 0.6) is 0 Å². The van der Waals surface area contributed by atoms with Gasteiger partial charge in [-0.1, -0.05) is 32.1 Å². The number of sulfonamides is 1. The molecule has 12 heteroatoms. The highest BCUT2D eigenvalue weighted by Crippen LogP contribution is 2.48. The van der Waals surface area contributed by atoms with Gasteiger partial charge in [0, 0.05) is 58.8 Å². The zero-order valence-electron chi connectivity index (χ0n) is 26.4. The molecule has 5 N–H and O–H groups in total. The number of rotatable bonds is 14. The average Bonchev–Trinajstić information content (AvgIpc) is 3.32. The molecule has 2 heterocycles. The van der Waals surface area contributed by atoms with Crippen LogP contribution in [0.4, 0.5) is 11.4 Å². The molecule has 45 heavy (non-hydrogen) atoms. The van der Waals surface area contributed by atoms with Crippen LogP contribution in [-0.4, -0.2) is 42.9 Å². The molecular formula is C33H43N4O6S2+. The number of hydrogen-bond acceptors (Lipinski definition) is 8. The van der Waals surface area contributed by atoms with Crippen molar-refractivity contribution in [3.63, 3.8) is 0 Å². The number of fused-ring (bicyclic) bond motifs is 2. The predicted octanol–water partition coefficient (Wildman–Crippen LogP) is 6.00. The molecule has 0 amide bonds. The second kappa shape index (κ2) is 14.0. The Bertz CT molecular complexity index is 1680. The number of carbonyl (C=O) groups is 1. The van der Waals surface area contributed by atoms with Crippen molar-refractivity contribution in [2.45, 2.75) is 80.9 Å². The van der Waals surface area contributed by atoms with Gasteiger partial charge >= 0.3 is 5.97 Å². The van der Waals surface area contributed by atoms with E-state index in [0.717, 1.165) is 76.8 Å². The first-order valence-electron chi connectivity index (χ1n) is 14.9. The van der Waals surface area contributed by atoms with Gasteiger partial charge in [-0.15, -0.1) is 9.32 Å². The number of allylic oxidation sites excluding steroid dienone is 6. The summed E-state index contributed by atoms with van der Waals surface area (Å²) in [5.74, 6) is 4.27. The molecule has 0 bridgehead atoms. The highest BCUT2D eigenvalue weighted by Gasteiger charge is 2.44. The summed E-state index contributed by atoms with van der Waals surface area (Å²) < 4.78 is 31.2. The zero-order chi connectivity index (χ0) is 33.0. The molecule has 0 unspecified atom stereocenters. The molecule has 2 aliphatic rings. The molecule has 0 radical (unpaired) electrons. The van der Waals surface area contributed by atoms with E-state index in [1.54, 1.807) is 12.1 Å². The first kappa shape index (κ1) is 34.6. The lowest BCUT2D eigenvalue weighted by Crippen LogP contribution is -2.28. The van der Waals surface area contributed by atoms with Gasteiger partial charge in [-0.05, 0) is 75.6 Å². The molecule has 2 aromatic rings. The summed E-state index contributed by atoms with van der Waals surface area (Å²) in [7, 11) is -3.81. The molecule has 242 valence electrons. The largest absolute Gasteiger partial charge is 0.481 e. The molecule has 4 rings (SSSR count). The maximum absolute atomic E-state index is 12.0. The molecular weight excluding hydrogens is 613 g/mol. The van der Waals surface area contributed by atoms with Crippen LogP contribution in [0.25, 0.3) is 0 Å². The number of primary sulfonamides is 1. The topological polar surface area (TPSA) is 148 Å². The van der Waals surface area contributed by atoms with Gasteiger partial charge in [0.05, 0.1) is 22.4 Å². The van der Waals surface area contributed by atoms with Crippen molar-refractivity contribution in [1.82, 2.24) is 0 Å². The van der Waals surface area contributed by atoms with Crippen LogP contribution in [0.1, 0.15) is 71.4 Å². The molecule has 2 aromatic carbocycles. The van der Waals surface area contributed by atoms with Crippen LogP contribution in [0.15, 0.2) is 82.3 Å². The Labute approximate surface area is 270 Å². The van der Waals surface area contributed by atoms with Gasteiger partial charge < -0.3 is 10.0 Å². The van der Waals surface area contributed by atoms with Gasteiger partial charge in [0.25, 0.3) is 0 Å². The molecule has 0 fully saturated rings. The molecule has 0 atom stereocenters. The minimum Gasteiger partial charge on any atom is -0.481 e. The first-order valence-corrected chi connectivity index (χ1v) is 17.2. The SMILES string of the molecule is CCN1C(=CC=CC=CC2=[N+](CCCCCC(=O)O)c3ccc(SOON)cc3C2(C)C)C(C)(C)c2cc(S(N)(=O)=O)ccc21. The number of carboxylic acids is 1. The minimum atomic E-state index is -3.81. The maximum Gasteiger partial charge on any atom is 0.303 e. The van der Waals surface area contributed by atoms with E-state index in [0.29, 0.717) is 6.42 Å². The summed E-state index contributed by atoms with van der Waals surface area (Å²) in [6.07, 6.45) is 12.7. The van der Waals surface area contributed by atoms with Gasteiger partial charge in [-0.25, -0.2) is 13.6 Å². The lowest BCUT2D eigenvalue weighted by atomic mass is 9.81. The van der Waals surface area contributed by atoms with Gasteiger partial charge in [0.2, 0.25) is 15.7 Å². The van der Waals surface area contributed by atoms with Crippen LogP contribution < -0.4 is 15.9 Å². The van der Waals surface area contributed by atoms with E-state index in [4.69, 9.17) is 20.5 Å². The number of likely N-dealkylation sites (N-methyl/N-ethyl adjacent to an activating group) is 1. The summed E-state index contributed by atoms with van der Waals surface area (Å²) >= 11 is 1.05. The molecule has 0 saturated heterocycles. The van der Waals surface area contributed by atoms with Crippen LogP contribution in [-0.2, 0) is 35.0 Å². The first-order chi connectivity index (χ1) is 21.2. The summed E-state index contributed by atoms with van der Waals surface area (Å²) in [4.78, 5) is 18.4. The molecule has 0 spiro atoms. The third-order valence-electron chi connectivity index (χ3n) is 8.54. The monoisotopic (exact) mass is 655 g/mol. The molecule has 0 saturated carbocycles. The number of carboxylic acid groups (broad SMARTS) is 1. The van der Waals surface area contributed by atoms with E-state index in [9.17, 15) is 13.2 Å². The van der Waals surface area contributed by atoms with Crippen molar-refractivity contribution in [1.29, 1.82) is 0 Å². The van der Waals surface area contributed by atoms with E-state index in [-0.39, 0.29) is 16.7 Å². The third kappa shape index (κ3) is 7.43. The van der Waals surface area contributed by atoms with Crippen molar-refractivity contribution in [3.8, 4) is 0 Å². The molecule has 0 aromatic heterocycles. The summed E-state index contributed by atoms with van der Waals surface area (Å²) in [6.45, 7) is 12.1. The van der Waals surface area contributed by atoms with Crippen molar-refractivity contribution in [2.24, 2.45) is 11.0 Å².